The van der Waals surface area contributed by atoms with Gasteiger partial charge in [-0.3, -0.25) is 14.3 Å². The Hall–Kier alpha value is -3.56. The molecule has 0 spiro atoms. The number of halogens is 1. The lowest BCUT2D eigenvalue weighted by Crippen LogP contribution is -2.14. The lowest BCUT2D eigenvalue weighted by molar-refractivity contribution is -0.113. The minimum atomic E-state index is -0.191. The van der Waals surface area contributed by atoms with Gasteiger partial charge in [0.05, 0.1) is 20.0 Å². The van der Waals surface area contributed by atoms with Crippen molar-refractivity contribution in [1.82, 2.24) is 19.7 Å². The number of amides is 1. The molecule has 2 aromatic heterocycles. The average molecular weight is 482 g/mol. The smallest absolute Gasteiger partial charge is 0.234 e. The van der Waals surface area contributed by atoms with Crippen LogP contribution in [-0.4, -0.2) is 45.6 Å². The summed E-state index contributed by atoms with van der Waals surface area (Å²) < 4.78 is 12.4. The molecule has 4 aromatic rings. The number of carbonyl (C=O) groups is 1. The second-order valence-corrected chi connectivity index (χ2v) is 8.14. The first-order valence-corrected chi connectivity index (χ1v) is 11.2. The number of anilines is 1. The highest BCUT2D eigenvalue weighted by Gasteiger charge is 2.17. The molecule has 0 aliphatic heterocycles. The molecule has 8 nitrogen and oxygen atoms in total. The number of nitrogens with zero attached hydrogens (tertiary/aromatic N) is 4. The average Bonchev–Trinajstić information content (AvgIpc) is 3.27. The number of hydrogen-bond donors (Lipinski definition) is 1. The van der Waals surface area contributed by atoms with Crippen LogP contribution in [0.25, 0.3) is 17.1 Å². The number of nitrogens with one attached hydrogen (secondary N) is 1. The van der Waals surface area contributed by atoms with Gasteiger partial charge in [-0.15, -0.1) is 10.2 Å². The van der Waals surface area contributed by atoms with Crippen LogP contribution in [0.5, 0.6) is 11.5 Å². The van der Waals surface area contributed by atoms with Gasteiger partial charge >= 0.3 is 0 Å². The van der Waals surface area contributed by atoms with Crippen LogP contribution in [0.15, 0.2) is 72.1 Å². The SMILES string of the molecule is COc1ccc(NC(=O)CSc2nnc(-c3ccncc3)n2-c2ccc(Cl)cc2)cc1OC. The quantitative estimate of drug-likeness (QED) is 0.364. The van der Waals surface area contributed by atoms with Gasteiger partial charge in [-0.25, -0.2) is 0 Å². The monoisotopic (exact) mass is 481 g/mol. The maximum Gasteiger partial charge on any atom is 0.234 e. The van der Waals surface area contributed by atoms with E-state index in [9.17, 15) is 4.79 Å². The molecule has 0 saturated carbocycles. The van der Waals surface area contributed by atoms with Crippen LogP contribution in [0.3, 0.4) is 0 Å². The Balaban J connectivity index is 1.55. The van der Waals surface area contributed by atoms with Crippen molar-refractivity contribution in [2.75, 3.05) is 25.3 Å². The second kappa shape index (κ2) is 10.4. The highest BCUT2D eigenvalue weighted by atomic mass is 35.5. The van der Waals surface area contributed by atoms with E-state index in [1.54, 1.807) is 56.9 Å². The van der Waals surface area contributed by atoms with Crippen molar-refractivity contribution in [3.8, 4) is 28.6 Å². The minimum Gasteiger partial charge on any atom is -0.493 e. The van der Waals surface area contributed by atoms with E-state index in [-0.39, 0.29) is 11.7 Å². The first kappa shape index (κ1) is 22.6. The highest BCUT2D eigenvalue weighted by Crippen LogP contribution is 2.31. The molecule has 0 fully saturated rings. The standard InChI is InChI=1S/C23H20ClN5O3S/c1-31-19-8-5-17(13-20(19)32-2)26-21(30)14-33-23-28-27-22(15-9-11-25-12-10-15)29(23)18-6-3-16(24)4-7-18/h3-13H,14H2,1-2H3,(H,26,30). The molecule has 0 atom stereocenters. The van der Waals surface area contributed by atoms with Crippen LogP contribution in [0, 0.1) is 0 Å². The largest absolute Gasteiger partial charge is 0.493 e. The van der Waals surface area contributed by atoms with Crippen LogP contribution >= 0.6 is 23.4 Å². The van der Waals surface area contributed by atoms with Crippen molar-refractivity contribution >= 4 is 35.0 Å². The van der Waals surface area contributed by atoms with Gasteiger partial charge in [-0.2, -0.15) is 0 Å². The van der Waals surface area contributed by atoms with Gasteiger partial charge in [-0.05, 0) is 48.5 Å². The van der Waals surface area contributed by atoms with E-state index in [1.165, 1.54) is 11.8 Å². The lowest BCUT2D eigenvalue weighted by Gasteiger charge is -2.12. The van der Waals surface area contributed by atoms with Crippen LogP contribution < -0.4 is 14.8 Å². The topological polar surface area (TPSA) is 91.2 Å². The summed E-state index contributed by atoms with van der Waals surface area (Å²) in [4.78, 5) is 16.7. The molecular weight excluding hydrogens is 462 g/mol. The molecular formula is C23H20ClN5O3S. The predicted molar refractivity (Wildman–Crippen MR) is 128 cm³/mol. The molecule has 2 aromatic carbocycles. The number of pyridine rings is 1. The van der Waals surface area contributed by atoms with Crippen molar-refractivity contribution in [3.63, 3.8) is 0 Å². The Kier molecular flexibility index (Phi) is 7.11. The zero-order chi connectivity index (χ0) is 23.2. The summed E-state index contributed by atoms with van der Waals surface area (Å²) in [6, 6.07) is 16.3. The lowest BCUT2D eigenvalue weighted by atomic mass is 10.2. The summed E-state index contributed by atoms with van der Waals surface area (Å²) in [6.45, 7) is 0. The van der Waals surface area contributed by atoms with E-state index in [0.717, 1.165) is 11.3 Å². The molecule has 2 heterocycles. The van der Waals surface area contributed by atoms with Crippen LogP contribution in [0.1, 0.15) is 0 Å². The van der Waals surface area contributed by atoms with Gasteiger partial charge in [0, 0.05) is 40.4 Å². The number of methoxy groups -OCH3 is 2. The summed E-state index contributed by atoms with van der Waals surface area (Å²) in [5.74, 6) is 1.71. The summed E-state index contributed by atoms with van der Waals surface area (Å²) in [5.41, 5.74) is 2.29. The summed E-state index contributed by atoms with van der Waals surface area (Å²) in [6.07, 6.45) is 3.39. The van der Waals surface area contributed by atoms with E-state index >= 15 is 0 Å². The Bertz CT molecular complexity index is 1250. The molecule has 0 aliphatic rings. The molecule has 10 heteroatoms. The zero-order valence-electron chi connectivity index (χ0n) is 17.9. The Morgan fingerprint density at radius 3 is 2.42 bits per heavy atom. The summed E-state index contributed by atoms with van der Waals surface area (Å²) in [7, 11) is 3.10. The first-order chi connectivity index (χ1) is 16.1. The number of hydrogen-bond acceptors (Lipinski definition) is 7. The zero-order valence-corrected chi connectivity index (χ0v) is 19.4. The summed E-state index contributed by atoms with van der Waals surface area (Å²) in [5, 5.41) is 12.8. The third-order valence-electron chi connectivity index (χ3n) is 4.66. The maximum absolute atomic E-state index is 12.6. The number of benzene rings is 2. The first-order valence-electron chi connectivity index (χ1n) is 9.85. The van der Waals surface area contributed by atoms with E-state index < -0.39 is 0 Å². The van der Waals surface area contributed by atoms with E-state index in [2.05, 4.69) is 20.5 Å². The van der Waals surface area contributed by atoms with Gasteiger partial charge in [-0.1, -0.05) is 23.4 Å². The Morgan fingerprint density at radius 2 is 1.73 bits per heavy atom. The molecule has 0 bridgehead atoms. The molecule has 168 valence electrons. The van der Waals surface area contributed by atoms with Crippen LogP contribution in [0.2, 0.25) is 5.02 Å². The van der Waals surface area contributed by atoms with Gasteiger partial charge in [0.25, 0.3) is 0 Å². The molecule has 0 unspecified atom stereocenters. The Labute approximate surface area is 199 Å². The number of thioether (sulfide) groups is 1. The second-order valence-electron chi connectivity index (χ2n) is 6.76. The number of ether oxygens (including phenoxy) is 2. The molecule has 0 saturated heterocycles. The van der Waals surface area contributed by atoms with E-state index in [4.69, 9.17) is 21.1 Å². The number of aromatic nitrogens is 4. The van der Waals surface area contributed by atoms with Crippen molar-refractivity contribution in [2.24, 2.45) is 0 Å². The number of carbonyl (C=O) groups excluding carboxylic acids is 1. The minimum absolute atomic E-state index is 0.135. The molecule has 33 heavy (non-hydrogen) atoms. The van der Waals surface area contributed by atoms with Crippen LogP contribution in [-0.2, 0) is 4.79 Å². The van der Waals surface area contributed by atoms with Crippen molar-refractivity contribution in [3.05, 3.63) is 72.0 Å². The number of rotatable bonds is 8. The third-order valence-corrected chi connectivity index (χ3v) is 5.84. The molecule has 4 rings (SSSR count). The molecule has 0 radical (unpaired) electrons. The van der Waals surface area contributed by atoms with Crippen molar-refractivity contribution in [1.29, 1.82) is 0 Å². The summed E-state index contributed by atoms with van der Waals surface area (Å²) >= 11 is 7.35. The fourth-order valence-corrected chi connectivity index (χ4v) is 3.99. The van der Waals surface area contributed by atoms with E-state index in [1.807, 2.05) is 28.8 Å². The van der Waals surface area contributed by atoms with Gasteiger partial charge < -0.3 is 14.8 Å². The predicted octanol–water partition coefficient (Wildman–Crippen LogP) is 4.73. The normalized spacial score (nSPS) is 10.6. The van der Waals surface area contributed by atoms with E-state index in [0.29, 0.717) is 33.2 Å². The Morgan fingerprint density at radius 1 is 1.00 bits per heavy atom. The molecule has 1 N–H and O–H groups in total. The van der Waals surface area contributed by atoms with Crippen molar-refractivity contribution in [2.45, 2.75) is 5.16 Å². The van der Waals surface area contributed by atoms with Crippen molar-refractivity contribution < 1.29 is 14.3 Å². The fraction of sp³-hybridized carbons (Fsp3) is 0.130. The third kappa shape index (κ3) is 5.27. The maximum atomic E-state index is 12.6. The highest BCUT2D eigenvalue weighted by molar-refractivity contribution is 7.99. The molecule has 0 aliphatic carbocycles. The van der Waals surface area contributed by atoms with Crippen LogP contribution in [0.4, 0.5) is 5.69 Å². The van der Waals surface area contributed by atoms with Gasteiger partial charge in [0.2, 0.25) is 5.91 Å². The van der Waals surface area contributed by atoms with Gasteiger partial charge in [0.15, 0.2) is 22.5 Å². The fourth-order valence-electron chi connectivity index (χ4n) is 3.12. The van der Waals surface area contributed by atoms with Gasteiger partial charge in [0.1, 0.15) is 0 Å². The molecule has 1 amide bonds.